The second-order valence-electron chi connectivity index (χ2n) is 4.23. The van der Waals surface area contributed by atoms with Crippen molar-refractivity contribution in [3.05, 3.63) is 0 Å². The molecule has 0 amide bonds. The molecule has 0 aliphatic rings. The van der Waals surface area contributed by atoms with E-state index in [-0.39, 0.29) is 78.6 Å². The van der Waals surface area contributed by atoms with Gasteiger partial charge in [-0.05, 0) is 36.5 Å². The van der Waals surface area contributed by atoms with E-state index in [2.05, 4.69) is 46.1 Å². The fraction of sp³-hybridized carbons (Fsp3) is 1.00. The van der Waals surface area contributed by atoms with Gasteiger partial charge < -0.3 is 58.7 Å². The Morgan fingerprint density at radius 3 is 0.429 bits per heavy atom. The fourth-order valence-electron chi connectivity index (χ4n) is 0.713. The predicted molar refractivity (Wildman–Crippen MR) is 112 cm³/mol. The van der Waals surface area contributed by atoms with Crippen molar-refractivity contribution in [2.75, 3.05) is 6.38 Å². The molecule has 0 bridgehead atoms. The molecule has 0 aromatic heterocycles. The van der Waals surface area contributed by atoms with E-state index in [1.165, 1.54) is 6.38 Å². The number of phosphoric acid groups is 4. The number of alkyl halides is 1. The molecule has 48 heteroatoms. The van der Waals surface area contributed by atoms with Gasteiger partial charge in [0.05, 0.1) is 0 Å². The Bertz CT molecular complexity index is 1000. The summed E-state index contributed by atoms with van der Waals surface area (Å²) in [5, 5.41) is 0. The van der Waals surface area contributed by atoms with Crippen LogP contribution in [0.3, 0.4) is 0 Å². The molecule has 32 nitrogen and oxygen atoms in total. The molecule has 0 spiro atoms. The Hall–Kier alpha value is 3.86. The molecule has 8 unspecified atom stereocenters. The van der Waals surface area contributed by atoms with Gasteiger partial charge in [0.15, 0.2) is 0 Å². The monoisotopic (exact) mass is 1200 g/mol. The zero-order chi connectivity index (χ0) is 38.3. The summed E-state index contributed by atoms with van der Waals surface area (Å²) in [5.41, 5.74) is 0. The quantitative estimate of drug-likeness (QED) is 0.103. The summed E-state index contributed by atoms with van der Waals surface area (Å²) in [4.78, 5) is 117. The number of hydrogen-bond acceptors (Lipinski definition) is 32. The third-order valence-corrected chi connectivity index (χ3v) is 12.0. The fourth-order valence-corrected chi connectivity index (χ4v) is 7.49. The van der Waals surface area contributed by atoms with Crippen molar-refractivity contribution >= 4 is 109 Å². The smallest absolute Gasteiger partial charge is 0.750 e. The zero-order valence-corrected chi connectivity index (χ0v) is 40.2. The van der Waals surface area contributed by atoms with Gasteiger partial charge in [0.1, 0.15) is 0 Å². The van der Waals surface area contributed by atoms with Crippen LogP contribution in [0.25, 0.3) is 0 Å². The Kier molecular flexibility index (Phi) is 54.0. The third kappa shape index (κ3) is 67.0. The summed E-state index contributed by atoms with van der Waals surface area (Å²) < 4.78 is 142. The minimum atomic E-state index is -5.25. The molecule has 270 valence electrons. The molecule has 0 saturated carbocycles. The van der Waals surface area contributed by atoms with Crippen LogP contribution in [0.4, 0.5) is 0 Å². The van der Waals surface area contributed by atoms with Crippen LogP contribution in [0.2, 0.25) is 0 Å². The van der Waals surface area contributed by atoms with E-state index in [0.29, 0.717) is 0 Å². The first kappa shape index (κ1) is 70.6. The van der Waals surface area contributed by atoms with Gasteiger partial charge in [-0.3, -0.25) is 18.3 Å². The molecule has 0 aliphatic carbocycles. The summed E-state index contributed by atoms with van der Waals surface area (Å²) in [6, 6.07) is 0. The average Bonchev–Trinajstić information content (AvgIpc) is 2.68. The second-order valence-corrected chi connectivity index (χ2v) is 16.6. The van der Waals surface area contributed by atoms with Crippen molar-refractivity contribution in [2.24, 2.45) is 0 Å². The van der Waals surface area contributed by atoms with Gasteiger partial charge in [-0.15, -0.1) is 11.6 Å². The van der Waals surface area contributed by atoms with E-state index < -0.39 is 97.3 Å². The van der Waals surface area contributed by atoms with Gasteiger partial charge in [-0.2, -0.15) is 0 Å². The maximum absolute atomic E-state index is 10.1. The first-order valence-electron chi connectivity index (χ1n) is 7.68. The number of hydrogen-bond donors (Lipinski definition) is 0. The van der Waals surface area contributed by atoms with Crippen LogP contribution in [0.1, 0.15) is 0 Å². The molecule has 0 saturated heterocycles. The van der Waals surface area contributed by atoms with Gasteiger partial charge in [0.25, 0.3) is 0 Å². The SMILES string of the molecule is CCl.O=[P+]([O-])OP(=O)([O-])O[P+](=O)[O-].O=[P+]([O-])OP(=O)([O-])O[P+](=O)[O-].O=[P+]([O-])OP(=O)([O-])O[P+](=O)[O-].O=[P+]([O-])OP(=O)([O-])O[P+](=O)[O-].[Zr+4].[Zr+4].[Zr+4]. The Morgan fingerprint density at radius 2 is 0.388 bits per heavy atom. The van der Waals surface area contributed by atoms with Crippen molar-refractivity contribution in [1.29, 1.82) is 0 Å². The molecule has 49 heavy (non-hydrogen) atoms. The van der Waals surface area contributed by atoms with E-state index >= 15 is 0 Å². The molecule has 0 radical (unpaired) electrons. The van der Waals surface area contributed by atoms with Crippen LogP contribution in [0.5, 0.6) is 0 Å². The van der Waals surface area contributed by atoms with Crippen molar-refractivity contribution in [3.8, 4) is 0 Å². The van der Waals surface area contributed by atoms with Gasteiger partial charge in [0, 0.05) is 6.38 Å². The molecule has 0 aromatic carbocycles. The van der Waals surface area contributed by atoms with E-state index in [1.807, 2.05) is 0 Å². The molecule has 0 aliphatic heterocycles. The van der Waals surface area contributed by atoms with Crippen molar-refractivity contribution in [1.82, 2.24) is 0 Å². The molecule has 0 N–H and O–H groups in total. The second kappa shape index (κ2) is 37.4. The first-order chi connectivity index (χ1) is 20.3. The molecule has 0 fully saturated rings. The van der Waals surface area contributed by atoms with Crippen LogP contribution in [-0.4, -0.2) is 6.38 Å². The largest absolute Gasteiger partial charge is 4.00 e. The summed E-state index contributed by atoms with van der Waals surface area (Å²) in [6.07, 6.45) is 1.47. The number of halogens is 1. The summed E-state index contributed by atoms with van der Waals surface area (Å²) in [7, 11) is -50.5. The standard InChI is InChI=1S/CH3Cl.4HO8P3.3Zr/c1-2;4*1-9(2)7-11(5,6)8-10(3)4;;;/h1H3;4*(H,5,6);;;/q;;;;;3*+4/p-4. The summed E-state index contributed by atoms with van der Waals surface area (Å²) in [5.74, 6) is 0. The van der Waals surface area contributed by atoms with E-state index in [9.17, 15) is 114 Å². The maximum Gasteiger partial charge on any atom is 4.00 e. The Labute approximate surface area is 338 Å². The maximum atomic E-state index is 10.1. The molecular weight excluding hydrogens is 1200 g/mol. The predicted octanol–water partition coefficient (Wildman–Crippen LogP) is -5.06. The van der Waals surface area contributed by atoms with Crippen molar-refractivity contribution in [3.63, 3.8) is 0 Å². The van der Waals surface area contributed by atoms with Crippen LogP contribution >= 0.6 is 109 Å². The van der Waals surface area contributed by atoms with Crippen LogP contribution < -0.4 is 58.7 Å². The molecular formula is CH3ClO32P12Zr3+8. The minimum Gasteiger partial charge on any atom is -0.750 e. The van der Waals surface area contributed by atoms with E-state index in [4.69, 9.17) is 0 Å². The van der Waals surface area contributed by atoms with E-state index in [1.54, 1.807) is 0 Å². The topological polar surface area (TPSA) is 555 Å². The van der Waals surface area contributed by atoms with Crippen molar-refractivity contribution < 1.29 is 227 Å². The van der Waals surface area contributed by atoms with Crippen LogP contribution in [0.15, 0.2) is 0 Å². The molecule has 8 atom stereocenters. The van der Waals surface area contributed by atoms with Gasteiger partial charge in [0.2, 0.25) is 0 Å². The number of rotatable bonds is 16. The molecule has 0 rings (SSSR count). The van der Waals surface area contributed by atoms with Gasteiger partial charge >= 0.3 is 176 Å². The normalized spacial score (nSPS) is 17.0. The first-order valence-corrected chi connectivity index (χ1v) is 23.0. The summed E-state index contributed by atoms with van der Waals surface area (Å²) in [6.45, 7) is 0. The Balaban J connectivity index is -0.0000000734. The zero-order valence-electron chi connectivity index (χ0n) is 21.3. The van der Waals surface area contributed by atoms with Gasteiger partial charge in [-0.1, -0.05) is 34.5 Å². The Morgan fingerprint density at radius 1 is 0.327 bits per heavy atom. The molecule has 0 aromatic rings. The average molecular weight is 1210 g/mol. The van der Waals surface area contributed by atoms with Gasteiger partial charge in [-0.25, -0.2) is 0 Å². The van der Waals surface area contributed by atoms with Crippen LogP contribution in [-0.2, 0) is 168 Å². The van der Waals surface area contributed by atoms with E-state index in [0.717, 1.165) is 0 Å². The summed E-state index contributed by atoms with van der Waals surface area (Å²) >= 11 is 4.64. The minimum absolute atomic E-state index is 0. The van der Waals surface area contributed by atoms with Crippen molar-refractivity contribution in [2.45, 2.75) is 0 Å². The van der Waals surface area contributed by atoms with Crippen LogP contribution in [0, 0.1) is 0 Å². The third-order valence-electron chi connectivity index (χ3n) is 1.33. The molecule has 0 heterocycles.